The van der Waals surface area contributed by atoms with Gasteiger partial charge in [0, 0.05) is 22.0 Å². The molecule has 1 aromatic carbocycles. The fraction of sp³-hybridized carbons (Fsp3) is 0.500. The molecule has 18 heavy (non-hydrogen) atoms. The van der Waals surface area contributed by atoms with Crippen LogP contribution in [-0.4, -0.2) is 17.3 Å². The SMILES string of the molecule is CCC(C)(CCCl)NC(=O)c1ccc(Cl)c(C)c1. The molecule has 0 heterocycles. The molecule has 1 amide bonds. The predicted molar refractivity (Wildman–Crippen MR) is 77.7 cm³/mol. The molecule has 1 atom stereocenters. The summed E-state index contributed by atoms with van der Waals surface area (Å²) in [5, 5.41) is 3.71. The molecule has 0 aliphatic carbocycles. The molecule has 4 heteroatoms. The molecule has 1 N–H and O–H groups in total. The first kappa shape index (κ1) is 15.3. The molecule has 100 valence electrons. The summed E-state index contributed by atoms with van der Waals surface area (Å²) < 4.78 is 0. The number of rotatable bonds is 5. The molecular formula is C14H19Cl2NO. The Hall–Kier alpha value is -0.730. The molecule has 0 aliphatic heterocycles. The maximum atomic E-state index is 12.2. The van der Waals surface area contributed by atoms with Crippen LogP contribution in [0, 0.1) is 6.92 Å². The van der Waals surface area contributed by atoms with Crippen LogP contribution in [0.25, 0.3) is 0 Å². The van der Waals surface area contributed by atoms with Crippen molar-refractivity contribution in [1.29, 1.82) is 0 Å². The summed E-state index contributed by atoms with van der Waals surface area (Å²) in [6, 6.07) is 5.28. The van der Waals surface area contributed by atoms with Crippen molar-refractivity contribution in [3.63, 3.8) is 0 Å². The molecule has 0 spiro atoms. The zero-order valence-electron chi connectivity index (χ0n) is 11.0. The van der Waals surface area contributed by atoms with Gasteiger partial charge in [-0.05, 0) is 50.5 Å². The third-order valence-electron chi connectivity index (χ3n) is 3.26. The smallest absolute Gasteiger partial charge is 0.251 e. The van der Waals surface area contributed by atoms with Gasteiger partial charge in [-0.1, -0.05) is 18.5 Å². The number of carbonyl (C=O) groups excluding carboxylic acids is 1. The van der Waals surface area contributed by atoms with Gasteiger partial charge in [0.25, 0.3) is 5.91 Å². The highest BCUT2D eigenvalue weighted by atomic mass is 35.5. The number of hydrogen-bond donors (Lipinski definition) is 1. The lowest BCUT2D eigenvalue weighted by atomic mass is 9.95. The number of hydrogen-bond acceptors (Lipinski definition) is 1. The molecule has 0 radical (unpaired) electrons. The van der Waals surface area contributed by atoms with Crippen LogP contribution in [0.4, 0.5) is 0 Å². The van der Waals surface area contributed by atoms with Crippen molar-refractivity contribution < 1.29 is 4.79 Å². The summed E-state index contributed by atoms with van der Waals surface area (Å²) in [5.41, 5.74) is 1.28. The predicted octanol–water partition coefficient (Wildman–Crippen LogP) is 4.18. The van der Waals surface area contributed by atoms with Crippen molar-refractivity contribution in [3.05, 3.63) is 34.3 Å². The van der Waals surface area contributed by atoms with E-state index in [4.69, 9.17) is 23.2 Å². The van der Waals surface area contributed by atoms with Crippen LogP contribution in [0.15, 0.2) is 18.2 Å². The van der Waals surface area contributed by atoms with Gasteiger partial charge in [-0.2, -0.15) is 0 Å². The quantitative estimate of drug-likeness (QED) is 0.809. The van der Waals surface area contributed by atoms with Crippen molar-refractivity contribution in [1.82, 2.24) is 5.32 Å². The molecule has 0 aliphatic rings. The average molecular weight is 288 g/mol. The van der Waals surface area contributed by atoms with E-state index in [0.717, 1.165) is 18.4 Å². The summed E-state index contributed by atoms with van der Waals surface area (Å²) in [5.74, 6) is 0.453. The second kappa shape index (κ2) is 6.44. The van der Waals surface area contributed by atoms with Gasteiger partial charge in [0.2, 0.25) is 0 Å². The number of alkyl halides is 1. The Balaban J connectivity index is 2.84. The molecule has 0 bridgehead atoms. The van der Waals surface area contributed by atoms with E-state index in [-0.39, 0.29) is 11.4 Å². The van der Waals surface area contributed by atoms with E-state index < -0.39 is 0 Å². The van der Waals surface area contributed by atoms with Gasteiger partial charge in [-0.3, -0.25) is 4.79 Å². The van der Waals surface area contributed by atoms with Gasteiger partial charge >= 0.3 is 0 Å². The largest absolute Gasteiger partial charge is 0.347 e. The van der Waals surface area contributed by atoms with E-state index in [1.807, 2.05) is 20.8 Å². The van der Waals surface area contributed by atoms with Crippen LogP contribution >= 0.6 is 23.2 Å². The molecule has 0 saturated carbocycles. The maximum absolute atomic E-state index is 12.2. The van der Waals surface area contributed by atoms with E-state index in [1.165, 1.54) is 0 Å². The fourth-order valence-corrected chi connectivity index (χ4v) is 2.20. The zero-order valence-corrected chi connectivity index (χ0v) is 12.5. The molecule has 0 aromatic heterocycles. The van der Waals surface area contributed by atoms with E-state index in [0.29, 0.717) is 16.5 Å². The Morgan fingerprint density at radius 2 is 2.11 bits per heavy atom. The molecule has 1 rings (SSSR count). The van der Waals surface area contributed by atoms with Gasteiger partial charge in [0.15, 0.2) is 0 Å². The van der Waals surface area contributed by atoms with Crippen LogP contribution in [0.3, 0.4) is 0 Å². The highest BCUT2D eigenvalue weighted by molar-refractivity contribution is 6.31. The Morgan fingerprint density at radius 3 is 2.61 bits per heavy atom. The van der Waals surface area contributed by atoms with Crippen molar-refractivity contribution in [3.8, 4) is 0 Å². The Bertz CT molecular complexity index is 434. The Kier molecular flexibility index (Phi) is 5.48. The topological polar surface area (TPSA) is 29.1 Å². The number of halogens is 2. The summed E-state index contributed by atoms with van der Waals surface area (Å²) in [4.78, 5) is 12.2. The lowest BCUT2D eigenvalue weighted by molar-refractivity contribution is 0.0901. The Morgan fingerprint density at radius 1 is 1.44 bits per heavy atom. The minimum Gasteiger partial charge on any atom is -0.347 e. The highest BCUT2D eigenvalue weighted by Crippen LogP contribution is 2.19. The molecule has 1 unspecified atom stereocenters. The monoisotopic (exact) mass is 287 g/mol. The molecular weight excluding hydrogens is 269 g/mol. The summed E-state index contributed by atoms with van der Waals surface area (Å²) in [7, 11) is 0. The van der Waals surface area contributed by atoms with Crippen molar-refractivity contribution >= 4 is 29.1 Å². The second-order valence-corrected chi connectivity index (χ2v) is 5.56. The third-order valence-corrected chi connectivity index (χ3v) is 3.88. The molecule has 0 fully saturated rings. The van der Waals surface area contributed by atoms with Gasteiger partial charge in [0.1, 0.15) is 0 Å². The number of carbonyl (C=O) groups is 1. The second-order valence-electron chi connectivity index (χ2n) is 4.77. The van der Waals surface area contributed by atoms with Crippen LogP contribution < -0.4 is 5.32 Å². The molecule has 0 saturated heterocycles. The zero-order chi connectivity index (χ0) is 13.8. The number of amides is 1. The van der Waals surface area contributed by atoms with E-state index in [1.54, 1.807) is 18.2 Å². The Labute approximate surface area is 119 Å². The summed E-state index contributed by atoms with van der Waals surface area (Å²) in [6.07, 6.45) is 1.60. The van der Waals surface area contributed by atoms with Gasteiger partial charge < -0.3 is 5.32 Å². The standard InChI is InChI=1S/C14H19Cl2NO/c1-4-14(3,7-8-15)17-13(18)11-5-6-12(16)10(2)9-11/h5-6,9H,4,7-8H2,1-3H3,(H,17,18). The lowest BCUT2D eigenvalue weighted by Crippen LogP contribution is -2.45. The first-order valence-electron chi connectivity index (χ1n) is 6.06. The number of nitrogens with one attached hydrogen (secondary N) is 1. The van der Waals surface area contributed by atoms with E-state index >= 15 is 0 Å². The minimum absolute atomic E-state index is 0.0794. The van der Waals surface area contributed by atoms with Gasteiger partial charge in [-0.25, -0.2) is 0 Å². The van der Waals surface area contributed by atoms with Crippen LogP contribution in [-0.2, 0) is 0 Å². The first-order chi connectivity index (χ1) is 8.41. The number of benzene rings is 1. The number of aryl methyl sites for hydroxylation is 1. The average Bonchev–Trinajstić information content (AvgIpc) is 2.32. The molecule has 1 aromatic rings. The minimum atomic E-state index is -0.258. The first-order valence-corrected chi connectivity index (χ1v) is 6.98. The van der Waals surface area contributed by atoms with E-state index in [2.05, 4.69) is 5.32 Å². The van der Waals surface area contributed by atoms with Crippen molar-refractivity contribution in [2.45, 2.75) is 39.2 Å². The normalized spacial score (nSPS) is 14.1. The molecule has 2 nitrogen and oxygen atoms in total. The van der Waals surface area contributed by atoms with Gasteiger partial charge in [0.05, 0.1) is 0 Å². The third kappa shape index (κ3) is 3.89. The van der Waals surface area contributed by atoms with Crippen LogP contribution in [0.5, 0.6) is 0 Å². The fourth-order valence-electron chi connectivity index (χ4n) is 1.67. The summed E-state index contributed by atoms with van der Waals surface area (Å²) in [6.45, 7) is 5.94. The maximum Gasteiger partial charge on any atom is 0.251 e. The van der Waals surface area contributed by atoms with Gasteiger partial charge in [-0.15, -0.1) is 11.6 Å². The van der Waals surface area contributed by atoms with E-state index in [9.17, 15) is 4.79 Å². The lowest BCUT2D eigenvalue weighted by Gasteiger charge is -2.29. The summed E-state index contributed by atoms with van der Waals surface area (Å²) >= 11 is 11.7. The van der Waals surface area contributed by atoms with Crippen molar-refractivity contribution in [2.75, 3.05) is 5.88 Å². The highest BCUT2D eigenvalue weighted by Gasteiger charge is 2.24. The van der Waals surface area contributed by atoms with Crippen LogP contribution in [0.2, 0.25) is 5.02 Å². The van der Waals surface area contributed by atoms with Crippen LogP contribution in [0.1, 0.15) is 42.6 Å². The van der Waals surface area contributed by atoms with Crippen molar-refractivity contribution in [2.24, 2.45) is 0 Å².